The Morgan fingerprint density at radius 3 is 3.00 bits per heavy atom. The Hall–Kier alpha value is -1.03. The molecule has 1 saturated heterocycles. The van der Waals surface area contributed by atoms with Gasteiger partial charge in [0.25, 0.3) is 0 Å². The van der Waals surface area contributed by atoms with Crippen LogP contribution in [0, 0.1) is 0 Å². The summed E-state index contributed by atoms with van der Waals surface area (Å²) in [6.45, 7) is 3.50. The van der Waals surface area contributed by atoms with E-state index in [1.54, 1.807) is 6.08 Å². The van der Waals surface area contributed by atoms with E-state index in [2.05, 4.69) is 16.6 Å². The summed E-state index contributed by atoms with van der Waals surface area (Å²) in [5.74, 6) is 0. The number of cyclic esters (lactones) is 1. The molecule has 2 atom stereocenters. The number of alkyl carbamates (subject to hydrolysis) is 1. The quantitative estimate of drug-likeness (QED) is 0.564. The summed E-state index contributed by atoms with van der Waals surface area (Å²) < 4.78 is 9.48. The van der Waals surface area contributed by atoms with Crippen molar-refractivity contribution < 1.29 is 14.3 Å². The van der Waals surface area contributed by atoms with Gasteiger partial charge in [0, 0.05) is 7.11 Å². The van der Waals surface area contributed by atoms with Crippen LogP contribution in [0.25, 0.3) is 0 Å². The third kappa shape index (κ3) is 1.11. The first-order chi connectivity index (χ1) is 4.77. The molecule has 0 aromatic heterocycles. The van der Waals surface area contributed by atoms with Gasteiger partial charge in [-0.05, 0) is 0 Å². The predicted molar refractivity (Wildman–Crippen MR) is 34.4 cm³/mol. The fraction of sp³-hybridized carbons (Fsp3) is 0.500. The average Bonchev–Trinajstić information content (AvgIpc) is 2.30. The van der Waals surface area contributed by atoms with Crippen LogP contribution in [-0.4, -0.2) is 25.5 Å². The second kappa shape index (κ2) is 2.70. The molecule has 1 rings (SSSR count). The van der Waals surface area contributed by atoms with Crippen LogP contribution in [0.4, 0.5) is 4.79 Å². The zero-order valence-corrected chi connectivity index (χ0v) is 5.66. The Morgan fingerprint density at radius 2 is 2.60 bits per heavy atom. The van der Waals surface area contributed by atoms with Crippen molar-refractivity contribution in [3.8, 4) is 0 Å². The Labute approximate surface area is 58.8 Å². The van der Waals surface area contributed by atoms with Crippen molar-refractivity contribution in [1.82, 2.24) is 5.32 Å². The summed E-state index contributed by atoms with van der Waals surface area (Å²) in [7, 11) is 1.47. The molecule has 1 heterocycles. The molecule has 10 heavy (non-hydrogen) atoms. The lowest BCUT2D eigenvalue weighted by Gasteiger charge is -2.09. The first kappa shape index (κ1) is 7.08. The van der Waals surface area contributed by atoms with Crippen molar-refractivity contribution in [2.75, 3.05) is 7.11 Å². The van der Waals surface area contributed by atoms with Crippen molar-refractivity contribution in [2.45, 2.75) is 12.3 Å². The Morgan fingerprint density at radius 1 is 1.90 bits per heavy atom. The maximum Gasteiger partial charge on any atom is 0.410 e. The summed E-state index contributed by atoms with van der Waals surface area (Å²) in [5, 5.41) is 2.50. The Bertz CT molecular complexity index is 157. The van der Waals surface area contributed by atoms with Crippen molar-refractivity contribution in [1.29, 1.82) is 0 Å². The molecule has 0 aromatic carbocycles. The van der Waals surface area contributed by atoms with E-state index in [9.17, 15) is 4.79 Å². The minimum atomic E-state index is -0.523. The van der Waals surface area contributed by atoms with E-state index >= 15 is 0 Å². The molecule has 4 heteroatoms. The molecule has 1 N–H and O–H groups in total. The van der Waals surface area contributed by atoms with Gasteiger partial charge in [0.2, 0.25) is 6.29 Å². The van der Waals surface area contributed by atoms with Crippen LogP contribution in [0.15, 0.2) is 12.7 Å². The number of hydrogen-bond donors (Lipinski definition) is 1. The van der Waals surface area contributed by atoms with Crippen molar-refractivity contribution in [3.63, 3.8) is 0 Å². The van der Waals surface area contributed by atoms with E-state index in [1.807, 2.05) is 0 Å². The van der Waals surface area contributed by atoms with E-state index in [-0.39, 0.29) is 6.04 Å². The normalized spacial score (nSPS) is 31.1. The first-order valence-corrected chi connectivity index (χ1v) is 2.90. The van der Waals surface area contributed by atoms with Crippen molar-refractivity contribution in [2.24, 2.45) is 0 Å². The number of carbonyl (C=O) groups is 1. The summed E-state index contributed by atoms with van der Waals surface area (Å²) in [6.07, 6.45) is 0.584. The molecule has 1 aliphatic rings. The number of ether oxygens (including phenoxy) is 2. The molecule has 4 nitrogen and oxygen atoms in total. The highest BCUT2D eigenvalue weighted by molar-refractivity contribution is 5.70. The van der Waals surface area contributed by atoms with Gasteiger partial charge >= 0.3 is 6.09 Å². The molecule has 0 bridgehead atoms. The van der Waals surface area contributed by atoms with E-state index in [0.29, 0.717) is 0 Å². The van der Waals surface area contributed by atoms with Crippen LogP contribution in [0.3, 0.4) is 0 Å². The van der Waals surface area contributed by atoms with Gasteiger partial charge in [-0.1, -0.05) is 6.08 Å². The Balaban J connectivity index is 2.56. The summed E-state index contributed by atoms with van der Waals surface area (Å²) in [6, 6.07) is -0.225. The molecule has 0 spiro atoms. The van der Waals surface area contributed by atoms with Crippen LogP contribution in [0.2, 0.25) is 0 Å². The molecule has 0 radical (unpaired) electrons. The van der Waals surface area contributed by atoms with E-state index in [1.165, 1.54) is 7.11 Å². The first-order valence-electron chi connectivity index (χ1n) is 2.90. The predicted octanol–water partition coefficient (Wildman–Crippen LogP) is 0.253. The van der Waals surface area contributed by atoms with Gasteiger partial charge in [0.15, 0.2) is 0 Å². The second-order valence-electron chi connectivity index (χ2n) is 1.92. The summed E-state index contributed by atoms with van der Waals surface area (Å²) >= 11 is 0. The number of methoxy groups -OCH3 is 1. The lowest BCUT2D eigenvalue weighted by molar-refractivity contribution is -0.0602. The van der Waals surface area contributed by atoms with Gasteiger partial charge < -0.3 is 14.8 Å². The van der Waals surface area contributed by atoms with Crippen LogP contribution >= 0.6 is 0 Å². The zero-order chi connectivity index (χ0) is 7.56. The number of rotatable bonds is 2. The van der Waals surface area contributed by atoms with E-state index in [4.69, 9.17) is 4.74 Å². The van der Waals surface area contributed by atoms with Crippen molar-refractivity contribution >= 4 is 6.09 Å². The molecule has 0 unspecified atom stereocenters. The third-order valence-electron chi connectivity index (χ3n) is 1.29. The molecule has 1 amide bonds. The number of carbonyl (C=O) groups excluding carboxylic acids is 1. The smallest absolute Gasteiger partial charge is 0.410 e. The minimum absolute atomic E-state index is 0.225. The highest BCUT2D eigenvalue weighted by atomic mass is 16.7. The van der Waals surface area contributed by atoms with Gasteiger partial charge in [0.1, 0.15) is 6.04 Å². The largest absolute Gasteiger partial charge is 0.417 e. The van der Waals surface area contributed by atoms with Gasteiger partial charge in [-0.25, -0.2) is 4.79 Å². The topological polar surface area (TPSA) is 47.6 Å². The van der Waals surface area contributed by atoms with E-state index < -0.39 is 12.4 Å². The van der Waals surface area contributed by atoms with Crippen LogP contribution < -0.4 is 5.32 Å². The maximum absolute atomic E-state index is 10.5. The molecular formula is C6H9NO3. The average molecular weight is 143 g/mol. The summed E-state index contributed by atoms with van der Waals surface area (Å²) in [4.78, 5) is 10.5. The summed E-state index contributed by atoms with van der Waals surface area (Å²) in [5.41, 5.74) is 0. The highest BCUT2D eigenvalue weighted by Gasteiger charge is 2.31. The number of hydrogen-bond acceptors (Lipinski definition) is 3. The lowest BCUT2D eigenvalue weighted by atomic mass is 10.3. The lowest BCUT2D eigenvalue weighted by Crippen LogP contribution is -2.29. The van der Waals surface area contributed by atoms with Gasteiger partial charge in [-0.15, -0.1) is 6.58 Å². The third-order valence-corrected chi connectivity index (χ3v) is 1.29. The molecule has 0 aliphatic carbocycles. The highest BCUT2D eigenvalue weighted by Crippen LogP contribution is 2.09. The van der Waals surface area contributed by atoms with Crippen molar-refractivity contribution in [3.05, 3.63) is 12.7 Å². The SMILES string of the molecule is C=C[C@@H]1NC(=O)O[C@H]1OC. The van der Waals surface area contributed by atoms with Gasteiger partial charge in [-0.2, -0.15) is 0 Å². The van der Waals surface area contributed by atoms with Crippen LogP contribution in [0.5, 0.6) is 0 Å². The zero-order valence-electron chi connectivity index (χ0n) is 5.66. The minimum Gasteiger partial charge on any atom is -0.417 e. The van der Waals surface area contributed by atoms with E-state index in [0.717, 1.165) is 0 Å². The Kier molecular flexibility index (Phi) is 1.91. The molecule has 0 aromatic rings. The molecule has 1 aliphatic heterocycles. The number of amides is 1. The molecular weight excluding hydrogens is 134 g/mol. The fourth-order valence-corrected chi connectivity index (χ4v) is 0.782. The van der Waals surface area contributed by atoms with Crippen LogP contribution in [-0.2, 0) is 9.47 Å². The standard InChI is InChI=1S/C6H9NO3/c1-3-4-5(9-2)10-6(8)7-4/h3-5H,1H2,2H3,(H,7,8)/t4-,5+/m0/s1. The van der Waals surface area contributed by atoms with Gasteiger partial charge in [0.05, 0.1) is 0 Å². The molecule has 0 saturated carbocycles. The molecule has 56 valence electrons. The monoisotopic (exact) mass is 143 g/mol. The maximum atomic E-state index is 10.5. The second-order valence-corrected chi connectivity index (χ2v) is 1.92. The van der Waals surface area contributed by atoms with Gasteiger partial charge in [-0.3, -0.25) is 0 Å². The fourth-order valence-electron chi connectivity index (χ4n) is 0.782. The van der Waals surface area contributed by atoms with Crippen LogP contribution in [0.1, 0.15) is 0 Å². The number of nitrogens with one attached hydrogen (secondary N) is 1. The molecule has 1 fully saturated rings.